The molecule has 1 aliphatic heterocycles. The van der Waals surface area contributed by atoms with Crippen molar-refractivity contribution < 1.29 is 9.59 Å². The molecule has 5 nitrogen and oxygen atoms in total. The number of halogens is 1. The van der Waals surface area contributed by atoms with Gasteiger partial charge in [-0.2, -0.15) is 0 Å². The van der Waals surface area contributed by atoms with Gasteiger partial charge in [0.25, 0.3) is 11.8 Å². The molecule has 1 N–H and O–H groups in total. The molecule has 1 fully saturated rings. The number of nitrogens with zero attached hydrogens (tertiary/aromatic N) is 2. The third kappa shape index (κ3) is 4.85. The molecule has 1 saturated carbocycles. The van der Waals surface area contributed by atoms with Crippen LogP contribution >= 0.6 is 11.6 Å². The van der Waals surface area contributed by atoms with Crippen LogP contribution in [0.25, 0.3) is 10.9 Å². The maximum atomic E-state index is 14.7. The Labute approximate surface area is 234 Å². The molecule has 0 saturated heterocycles. The predicted molar refractivity (Wildman–Crippen MR) is 156 cm³/mol. The number of para-hydroxylation sites is 1. The number of benzene rings is 3. The summed E-state index contributed by atoms with van der Waals surface area (Å²) in [7, 11) is 0. The van der Waals surface area contributed by atoms with Gasteiger partial charge in [0.05, 0.1) is 6.54 Å². The molecule has 6 rings (SSSR count). The highest BCUT2D eigenvalue weighted by Gasteiger charge is 2.52. The third-order valence-electron chi connectivity index (χ3n) is 8.42. The Bertz CT molecular complexity index is 1490. The van der Waals surface area contributed by atoms with Crippen LogP contribution < -0.4 is 5.32 Å². The third-order valence-corrected chi connectivity index (χ3v) is 8.65. The van der Waals surface area contributed by atoms with E-state index in [9.17, 15) is 9.59 Å². The van der Waals surface area contributed by atoms with Gasteiger partial charge in [0.2, 0.25) is 0 Å². The van der Waals surface area contributed by atoms with Crippen LogP contribution in [-0.4, -0.2) is 27.3 Å². The topological polar surface area (TPSA) is 54.3 Å². The zero-order valence-electron chi connectivity index (χ0n) is 22.1. The van der Waals surface area contributed by atoms with Crippen molar-refractivity contribution in [3.8, 4) is 0 Å². The van der Waals surface area contributed by atoms with E-state index < -0.39 is 5.54 Å². The van der Waals surface area contributed by atoms with E-state index in [0.29, 0.717) is 17.3 Å². The number of fused-ring (bicyclic) bond motifs is 3. The van der Waals surface area contributed by atoms with Gasteiger partial charge >= 0.3 is 0 Å². The molecular weight excluding hydrogens is 506 g/mol. The van der Waals surface area contributed by atoms with Crippen LogP contribution in [0.1, 0.15) is 66.6 Å². The SMILES string of the molecule is O=C1c2cc3ccccc3n2C[C@](C(=O)NC2CCCCCCC2)(c2ccccc2)N1Cc1cccc(Cl)c1. The Balaban J connectivity index is 1.51. The van der Waals surface area contributed by atoms with Gasteiger partial charge in [-0.05, 0) is 48.2 Å². The fourth-order valence-corrected chi connectivity index (χ4v) is 6.61. The van der Waals surface area contributed by atoms with Gasteiger partial charge in [0, 0.05) is 28.5 Å². The first-order chi connectivity index (χ1) is 19.1. The van der Waals surface area contributed by atoms with Crippen LogP contribution in [0.15, 0.2) is 84.9 Å². The summed E-state index contributed by atoms with van der Waals surface area (Å²) in [6.07, 6.45) is 7.83. The van der Waals surface area contributed by atoms with Crippen molar-refractivity contribution in [3.05, 3.63) is 107 Å². The minimum Gasteiger partial charge on any atom is -0.351 e. The molecule has 0 spiro atoms. The number of carbonyl (C=O) groups is 2. The fraction of sp³-hybridized carbons (Fsp3) is 0.333. The number of aromatic nitrogens is 1. The van der Waals surface area contributed by atoms with E-state index in [4.69, 9.17) is 11.6 Å². The Kier molecular flexibility index (Phi) is 7.18. The molecule has 0 bridgehead atoms. The average molecular weight is 540 g/mol. The number of rotatable bonds is 5. The van der Waals surface area contributed by atoms with Gasteiger partial charge in [-0.3, -0.25) is 9.59 Å². The molecule has 200 valence electrons. The molecule has 6 heteroatoms. The van der Waals surface area contributed by atoms with Crippen molar-refractivity contribution >= 4 is 34.3 Å². The number of hydrogen-bond donors (Lipinski definition) is 1. The first kappa shape index (κ1) is 25.7. The van der Waals surface area contributed by atoms with Gasteiger partial charge in [-0.1, -0.05) is 104 Å². The number of amides is 2. The molecule has 4 aromatic rings. The molecule has 1 aliphatic carbocycles. The monoisotopic (exact) mass is 539 g/mol. The standard InChI is InChI=1S/C33H34ClN3O2/c34-27-16-11-12-24(20-27)22-37-31(38)30-21-25-13-9-10-19-29(25)36(30)23-33(37,26-14-5-4-6-15-26)32(39)35-28-17-7-2-1-3-8-18-28/h4-6,9-16,19-21,28H,1-3,7-8,17-18,22-23H2,(H,35,39)/t33-/m1/s1. The van der Waals surface area contributed by atoms with Crippen LogP contribution in [0.5, 0.6) is 0 Å². The van der Waals surface area contributed by atoms with Crippen LogP contribution in [0.3, 0.4) is 0 Å². The van der Waals surface area contributed by atoms with Gasteiger partial charge in [0.1, 0.15) is 5.69 Å². The maximum absolute atomic E-state index is 14.7. The smallest absolute Gasteiger partial charge is 0.272 e. The first-order valence-corrected chi connectivity index (χ1v) is 14.5. The van der Waals surface area contributed by atoms with Gasteiger partial charge in [-0.25, -0.2) is 0 Å². The maximum Gasteiger partial charge on any atom is 0.272 e. The van der Waals surface area contributed by atoms with Crippen molar-refractivity contribution in [2.24, 2.45) is 0 Å². The largest absolute Gasteiger partial charge is 0.351 e. The zero-order chi connectivity index (χ0) is 26.8. The Morgan fingerprint density at radius 2 is 1.59 bits per heavy atom. The Morgan fingerprint density at radius 1 is 0.872 bits per heavy atom. The van der Waals surface area contributed by atoms with Gasteiger partial charge in [0.15, 0.2) is 5.54 Å². The van der Waals surface area contributed by atoms with Crippen molar-refractivity contribution in [1.29, 1.82) is 0 Å². The van der Waals surface area contributed by atoms with Gasteiger partial charge in [-0.15, -0.1) is 0 Å². The van der Waals surface area contributed by atoms with E-state index in [1.807, 2.05) is 89.5 Å². The normalized spacial score (nSPS) is 20.3. The molecular formula is C33H34ClN3O2. The summed E-state index contributed by atoms with van der Waals surface area (Å²) in [6, 6.07) is 27.4. The van der Waals surface area contributed by atoms with E-state index >= 15 is 0 Å². The second-order valence-electron chi connectivity index (χ2n) is 10.9. The van der Waals surface area contributed by atoms with Crippen molar-refractivity contribution in [1.82, 2.24) is 14.8 Å². The summed E-state index contributed by atoms with van der Waals surface area (Å²) in [5.74, 6) is -0.271. The molecule has 1 atom stereocenters. The Hall–Kier alpha value is -3.57. The van der Waals surface area contributed by atoms with Crippen LogP contribution in [0.4, 0.5) is 0 Å². The number of nitrogens with one attached hydrogen (secondary N) is 1. The summed E-state index contributed by atoms with van der Waals surface area (Å²) in [5, 5.41) is 5.04. The highest BCUT2D eigenvalue weighted by atomic mass is 35.5. The molecule has 2 aliphatic rings. The van der Waals surface area contributed by atoms with Crippen molar-refractivity contribution in [3.63, 3.8) is 0 Å². The minimum atomic E-state index is -1.22. The predicted octanol–water partition coefficient (Wildman–Crippen LogP) is 7.08. The van der Waals surface area contributed by atoms with E-state index in [1.54, 1.807) is 4.90 Å². The van der Waals surface area contributed by atoms with E-state index in [-0.39, 0.29) is 24.4 Å². The quantitative estimate of drug-likeness (QED) is 0.295. The second kappa shape index (κ2) is 10.9. The lowest BCUT2D eigenvalue weighted by molar-refractivity contribution is -0.136. The molecule has 2 amide bonds. The molecule has 1 aromatic heterocycles. The van der Waals surface area contributed by atoms with E-state index in [1.165, 1.54) is 19.3 Å². The summed E-state index contributed by atoms with van der Waals surface area (Å²) in [6.45, 7) is 0.610. The van der Waals surface area contributed by atoms with Crippen molar-refractivity contribution in [2.75, 3.05) is 0 Å². The highest BCUT2D eigenvalue weighted by Crippen LogP contribution is 2.40. The molecule has 2 heterocycles. The molecule has 39 heavy (non-hydrogen) atoms. The lowest BCUT2D eigenvalue weighted by Crippen LogP contribution is -2.64. The zero-order valence-corrected chi connectivity index (χ0v) is 22.9. The van der Waals surface area contributed by atoms with E-state index in [0.717, 1.165) is 47.7 Å². The number of hydrogen-bond acceptors (Lipinski definition) is 2. The van der Waals surface area contributed by atoms with Crippen molar-refractivity contribution in [2.45, 2.75) is 69.6 Å². The average Bonchev–Trinajstić information content (AvgIpc) is 3.31. The highest BCUT2D eigenvalue weighted by molar-refractivity contribution is 6.30. The fourth-order valence-electron chi connectivity index (χ4n) is 6.40. The lowest BCUT2D eigenvalue weighted by atomic mass is 9.83. The minimum absolute atomic E-state index is 0.101. The van der Waals surface area contributed by atoms with Gasteiger partial charge < -0.3 is 14.8 Å². The second-order valence-corrected chi connectivity index (χ2v) is 11.4. The molecule has 0 radical (unpaired) electrons. The van der Waals surface area contributed by atoms with Crippen LogP contribution in [0, 0.1) is 0 Å². The number of carbonyl (C=O) groups excluding carboxylic acids is 2. The summed E-state index contributed by atoms with van der Waals surface area (Å²) in [5.41, 5.74) is 2.04. The van der Waals surface area contributed by atoms with E-state index in [2.05, 4.69) is 5.32 Å². The molecule has 3 aromatic carbocycles. The van der Waals surface area contributed by atoms with Crippen LogP contribution in [-0.2, 0) is 23.4 Å². The summed E-state index contributed by atoms with van der Waals surface area (Å²) in [4.78, 5) is 31.0. The summed E-state index contributed by atoms with van der Waals surface area (Å²) >= 11 is 6.35. The Morgan fingerprint density at radius 3 is 2.36 bits per heavy atom. The molecule has 0 unspecified atom stereocenters. The summed E-state index contributed by atoms with van der Waals surface area (Å²) < 4.78 is 2.04. The lowest BCUT2D eigenvalue weighted by Gasteiger charge is -2.47. The first-order valence-electron chi connectivity index (χ1n) is 14.1. The van der Waals surface area contributed by atoms with Crippen LogP contribution in [0.2, 0.25) is 5.02 Å².